The monoisotopic (exact) mass is 454 g/mol. The first kappa shape index (κ1) is 24.1. The van der Waals surface area contributed by atoms with Crippen LogP contribution in [0.1, 0.15) is 53.6 Å². The van der Waals surface area contributed by atoms with Gasteiger partial charge in [0.05, 0.1) is 6.42 Å². The molecule has 0 saturated carbocycles. The third kappa shape index (κ3) is 6.97. The number of nitrogens with two attached hydrogens (primary N) is 1. The molecule has 7 nitrogen and oxygen atoms in total. The summed E-state index contributed by atoms with van der Waals surface area (Å²) in [6, 6.07) is 10.8. The Hall–Kier alpha value is -3.55. The van der Waals surface area contributed by atoms with E-state index in [-0.39, 0.29) is 31.6 Å². The summed E-state index contributed by atoms with van der Waals surface area (Å²) in [6.45, 7) is -0.601. The maximum absolute atomic E-state index is 13.2. The van der Waals surface area contributed by atoms with Crippen LogP contribution in [0.2, 0.25) is 0 Å². The van der Waals surface area contributed by atoms with Crippen molar-refractivity contribution in [3.05, 3.63) is 65.0 Å². The number of rotatable bonds is 10. The topological polar surface area (TPSA) is 107 Å². The van der Waals surface area contributed by atoms with Crippen LogP contribution in [0.5, 0.6) is 0 Å². The molecule has 3 rings (SSSR count). The van der Waals surface area contributed by atoms with E-state index in [0.717, 1.165) is 25.7 Å². The van der Waals surface area contributed by atoms with Crippen LogP contribution in [-0.4, -0.2) is 36.7 Å². The molecular formula is C25H27FN2O5. The smallest absolute Gasteiger partial charge is 0.306 e. The molecule has 0 fully saturated rings. The van der Waals surface area contributed by atoms with Crippen LogP contribution in [0, 0.1) is 5.82 Å². The highest BCUT2D eigenvalue weighted by molar-refractivity contribution is 5.98. The average molecular weight is 454 g/mol. The highest BCUT2D eigenvalue weighted by Gasteiger charge is 2.19. The van der Waals surface area contributed by atoms with Crippen LogP contribution in [0.3, 0.4) is 0 Å². The number of benzene rings is 2. The standard InChI is InChI=1S/C25H27FN2O5/c26-20-7-9-21(10-8-20)28(14-13-23(27)30)24(31)16-33-25(32)12-11-22(29)19-6-5-17-3-1-2-4-18(17)15-19/h5-10,15H,1-4,11-14,16H2,(H2,27,30). The van der Waals surface area contributed by atoms with Gasteiger partial charge in [0.15, 0.2) is 12.4 Å². The van der Waals surface area contributed by atoms with Gasteiger partial charge in [-0.15, -0.1) is 0 Å². The van der Waals surface area contributed by atoms with Crippen LogP contribution in [-0.2, 0) is 32.0 Å². The van der Waals surface area contributed by atoms with Crippen molar-refractivity contribution in [3.63, 3.8) is 0 Å². The van der Waals surface area contributed by atoms with Gasteiger partial charge in [-0.1, -0.05) is 12.1 Å². The molecule has 2 N–H and O–H groups in total. The van der Waals surface area contributed by atoms with Gasteiger partial charge >= 0.3 is 5.97 Å². The van der Waals surface area contributed by atoms with E-state index in [4.69, 9.17) is 10.5 Å². The van der Waals surface area contributed by atoms with Gasteiger partial charge in [-0.2, -0.15) is 0 Å². The maximum atomic E-state index is 13.2. The van der Waals surface area contributed by atoms with Gasteiger partial charge in [-0.25, -0.2) is 4.39 Å². The Morgan fingerprint density at radius 3 is 2.30 bits per heavy atom. The molecule has 2 amide bonds. The zero-order chi connectivity index (χ0) is 23.8. The second kappa shape index (κ2) is 11.4. The molecule has 0 unspecified atom stereocenters. The van der Waals surface area contributed by atoms with Gasteiger partial charge in [0.1, 0.15) is 5.82 Å². The van der Waals surface area contributed by atoms with Gasteiger partial charge in [0.25, 0.3) is 5.91 Å². The van der Waals surface area contributed by atoms with E-state index in [1.54, 1.807) is 6.07 Å². The minimum absolute atomic E-state index is 0.0187. The summed E-state index contributed by atoms with van der Waals surface area (Å²) < 4.78 is 18.2. The molecule has 1 aliphatic carbocycles. The molecule has 0 atom stereocenters. The first-order chi connectivity index (χ1) is 15.8. The lowest BCUT2D eigenvalue weighted by Crippen LogP contribution is -2.37. The van der Waals surface area contributed by atoms with Gasteiger partial charge in [-0.05, 0) is 67.1 Å². The van der Waals surface area contributed by atoms with Crippen molar-refractivity contribution < 1.29 is 28.3 Å². The Kier molecular flexibility index (Phi) is 8.29. The van der Waals surface area contributed by atoms with Crippen LogP contribution in [0.4, 0.5) is 10.1 Å². The maximum Gasteiger partial charge on any atom is 0.306 e. The second-order valence-electron chi connectivity index (χ2n) is 8.01. The fourth-order valence-corrected chi connectivity index (χ4v) is 3.80. The Morgan fingerprint density at radius 2 is 1.61 bits per heavy atom. The van der Waals surface area contributed by atoms with Crippen molar-refractivity contribution in [2.24, 2.45) is 5.73 Å². The number of carbonyl (C=O) groups is 4. The van der Waals surface area contributed by atoms with Crippen molar-refractivity contribution in [2.45, 2.75) is 44.9 Å². The number of hydrogen-bond donors (Lipinski definition) is 1. The van der Waals surface area contributed by atoms with Gasteiger partial charge in [-0.3, -0.25) is 19.2 Å². The molecule has 0 spiro atoms. The van der Waals surface area contributed by atoms with Crippen LogP contribution in [0.25, 0.3) is 0 Å². The van der Waals surface area contributed by atoms with Gasteiger partial charge in [0.2, 0.25) is 5.91 Å². The van der Waals surface area contributed by atoms with Crippen LogP contribution >= 0.6 is 0 Å². The third-order valence-corrected chi connectivity index (χ3v) is 5.60. The molecule has 0 aliphatic heterocycles. The number of amides is 2. The number of primary amides is 1. The molecule has 1 aliphatic rings. The molecule has 0 radical (unpaired) electrons. The van der Waals surface area contributed by atoms with Crippen LogP contribution < -0.4 is 10.6 Å². The van der Waals surface area contributed by atoms with E-state index in [0.29, 0.717) is 11.3 Å². The number of hydrogen-bond acceptors (Lipinski definition) is 5. The number of aryl methyl sites for hydroxylation is 2. The van der Waals surface area contributed by atoms with Crippen LogP contribution in [0.15, 0.2) is 42.5 Å². The molecule has 0 saturated heterocycles. The van der Waals surface area contributed by atoms with Crippen molar-refractivity contribution in [1.29, 1.82) is 0 Å². The summed E-state index contributed by atoms with van der Waals surface area (Å²) in [4.78, 5) is 49.5. The first-order valence-corrected chi connectivity index (χ1v) is 11.0. The lowest BCUT2D eigenvalue weighted by molar-refractivity contribution is -0.147. The zero-order valence-corrected chi connectivity index (χ0v) is 18.3. The van der Waals surface area contributed by atoms with E-state index in [1.807, 2.05) is 12.1 Å². The second-order valence-corrected chi connectivity index (χ2v) is 8.01. The Morgan fingerprint density at radius 1 is 0.909 bits per heavy atom. The minimum Gasteiger partial charge on any atom is -0.456 e. The SMILES string of the molecule is NC(=O)CCN(C(=O)COC(=O)CCC(=O)c1ccc2c(c1)CCCC2)c1ccc(F)cc1. The molecule has 33 heavy (non-hydrogen) atoms. The number of esters is 1. The molecule has 2 aromatic carbocycles. The summed E-state index contributed by atoms with van der Waals surface area (Å²) in [5.74, 6) is -2.49. The van der Waals surface area contributed by atoms with E-state index in [9.17, 15) is 23.6 Å². The summed E-state index contributed by atoms with van der Waals surface area (Å²) in [7, 11) is 0. The predicted octanol–water partition coefficient (Wildman–Crippen LogP) is 3.12. The molecular weight excluding hydrogens is 427 g/mol. The fraction of sp³-hybridized carbons (Fsp3) is 0.360. The van der Waals surface area contributed by atoms with Crippen molar-refractivity contribution in [1.82, 2.24) is 0 Å². The number of carbonyl (C=O) groups excluding carboxylic acids is 4. The van der Waals surface area contributed by atoms with E-state index >= 15 is 0 Å². The first-order valence-electron chi connectivity index (χ1n) is 11.0. The predicted molar refractivity (Wildman–Crippen MR) is 120 cm³/mol. The quantitative estimate of drug-likeness (QED) is 0.439. The van der Waals surface area contributed by atoms with Gasteiger partial charge < -0.3 is 15.4 Å². The lowest BCUT2D eigenvalue weighted by atomic mass is 9.89. The van der Waals surface area contributed by atoms with E-state index in [2.05, 4.69) is 0 Å². The number of ketones is 1. The number of Topliss-reactive ketones (excluding diaryl/α,β-unsaturated/α-hetero) is 1. The van der Waals surface area contributed by atoms with E-state index < -0.39 is 30.2 Å². The summed E-state index contributed by atoms with van der Waals surface area (Å²) in [6.07, 6.45) is 3.98. The third-order valence-electron chi connectivity index (χ3n) is 5.60. The van der Waals surface area contributed by atoms with E-state index in [1.165, 1.54) is 40.3 Å². The molecule has 174 valence electrons. The number of ether oxygens (including phenoxy) is 1. The number of fused-ring (bicyclic) bond motifs is 1. The molecule has 0 bridgehead atoms. The zero-order valence-electron chi connectivity index (χ0n) is 18.3. The molecule has 2 aromatic rings. The van der Waals surface area contributed by atoms with Crippen molar-refractivity contribution >= 4 is 29.3 Å². The number of halogens is 1. The lowest BCUT2D eigenvalue weighted by Gasteiger charge is -2.22. The highest BCUT2D eigenvalue weighted by Crippen LogP contribution is 2.23. The minimum atomic E-state index is -0.677. The highest BCUT2D eigenvalue weighted by atomic mass is 19.1. The summed E-state index contributed by atoms with van der Waals surface area (Å²) in [5.41, 5.74) is 8.56. The number of nitrogens with zero attached hydrogens (tertiary/aromatic N) is 1. The molecule has 8 heteroatoms. The largest absolute Gasteiger partial charge is 0.456 e. The summed E-state index contributed by atoms with van der Waals surface area (Å²) >= 11 is 0. The number of anilines is 1. The Balaban J connectivity index is 1.51. The molecule has 0 aromatic heterocycles. The van der Waals surface area contributed by atoms with Crippen molar-refractivity contribution in [2.75, 3.05) is 18.1 Å². The van der Waals surface area contributed by atoms with Gasteiger partial charge in [0, 0.05) is 30.6 Å². The van der Waals surface area contributed by atoms with Crippen molar-refractivity contribution in [3.8, 4) is 0 Å². The average Bonchev–Trinajstić information content (AvgIpc) is 2.81. The Labute approximate surface area is 191 Å². The fourth-order valence-electron chi connectivity index (χ4n) is 3.80. The summed E-state index contributed by atoms with van der Waals surface area (Å²) in [5, 5.41) is 0. The molecule has 0 heterocycles. The normalized spacial score (nSPS) is 12.5. The Bertz CT molecular complexity index is 1040.